The number of carbonyl (C=O) groups is 3. The van der Waals surface area contributed by atoms with Crippen molar-refractivity contribution in [2.24, 2.45) is 0 Å². The topological polar surface area (TPSA) is 108 Å². The van der Waals surface area contributed by atoms with Crippen LogP contribution >= 0.6 is 0 Å². The van der Waals surface area contributed by atoms with Crippen molar-refractivity contribution in [2.75, 3.05) is 47.5 Å². The molecule has 9 nitrogen and oxygen atoms in total. The molecule has 0 aliphatic rings. The van der Waals surface area contributed by atoms with Crippen molar-refractivity contribution in [3.05, 3.63) is 60.8 Å². The van der Waals surface area contributed by atoms with E-state index < -0.39 is 24.3 Å². The van der Waals surface area contributed by atoms with Gasteiger partial charge in [0.25, 0.3) is 6.29 Å². The van der Waals surface area contributed by atoms with Gasteiger partial charge in [-0.2, -0.15) is 0 Å². The van der Waals surface area contributed by atoms with Crippen LogP contribution in [0.3, 0.4) is 0 Å². The van der Waals surface area contributed by atoms with Crippen LogP contribution in [0.4, 0.5) is 0 Å². The van der Waals surface area contributed by atoms with Gasteiger partial charge in [0, 0.05) is 12.8 Å². The SMILES string of the molecule is CC/C=C\C/C=C\C/C=C\C/C=C\C/C=C\CCCCCCCCCCCCCCCCCCCCCCCCCCCC(=O)OC(COC(=O)CCCCCCCC)COC(OCC[N+](C)(C)C)C(=O)O. The number of nitrogens with zero attached hydrogens (tertiary/aromatic N) is 1. The van der Waals surface area contributed by atoms with Crippen molar-refractivity contribution in [3.8, 4) is 0 Å². The van der Waals surface area contributed by atoms with Crippen molar-refractivity contribution in [1.82, 2.24) is 0 Å². The monoisotopic (exact) mass is 1010 g/mol. The lowest BCUT2D eigenvalue weighted by Crippen LogP contribution is -2.40. The lowest BCUT2D eigenvalue weighted by atomic mass is 10.0. The van der Waals surface area contributed by atoms with E-state index in [1.807, 2.05) is 21.1 Å². The number of esters is 2. The molecule has 418 valence electrons. The lowest BCUT2D eigenvalue weighted by molar-refractivity contribution is -0.870. The molecule has 0 aromatic rings. The second-order valence-electron chi connectivity index (χ2n) is 21.3. The Morgan fingerprint density at radius 3 is 1.18 bits per heavy atom. The van der Waals surface area contributed by atoms with E-state index >= 15 is 0 Å². The molecule has 0 rings (SSSR count). The Morgan fingerprint density at radius 1 is 0.431 bits per heavy atom. The van der Waals surface area contributed by atoms with E-state index in [0.717, 1.165) is 70.6 Å². The quantitative estimate of drug-likeness (QED) is 0.0211. The second kappa shape index (κ2) is 54.3. The first-order valence-electron chi connectivity index (χ1n) is 30.0. The molecule has 0 radical (unpaired) electrons. The van der Waals surface area contributed by atoms with Crippen molar-refractivity contribution in [3.63, 3.8) is 0 Å². The number of quaternary nitrogens is 1. The van der Waals surface area contributed by atoms with E-state index in [9.17, 15) is 19.5 Å². The van der Waals surface area contributed by atoms with E-state index in [1.165, 1.54) is 167 Å². The summed E-state index contributed by atoms with van der Waals surface area (Å²) >= 11 is 0. The van der Waals surface area contributed by atoms with Crippen molar-refractivity contribution in [1.29, 1.82) is 0 Å². The Balaban J connectivity index is 3.78. The van der Waals surface area contributed by atoms with Gasteiger partial charge in [0.15, 0.2) is 6.10 Å². The first-order valence-corrected chi connectivity index (χ1v) is 30.0. The van der Waals surface area contributed by atoms with Gasteiger partial charge in [0.05, 0.1) is 34.4 Å². The van der Waals surface area contributed by atoms with E-state index in [4.69, 9.17) is 18.9 Å². The molecule has 2 unspecified atom stereocenters. The summed E-state index contributed by atoms with van der Waals surface area (Å²) in [6.45, 7) is 4.71. The maximum absolute atomic E-state index is 12.8. The predicted molar refractivity (Wildman–Crippen MR) is 304 cm³/mol. The molecule has 0 saturated heterocycles. The highest BCUT2D eigenvalue weighted by Crippen LogP contribution is 2.17. The van der Waals surface area contributed by atoms with Crippen LogP contribution in [0.25, 0.3) is 0 Å². The Bertz CT molecular complexity index is 1360. The third-order valence-corrected chi connectivity index (χ3v) is 13.0. The highest BCUT2D eigenvalue weighted by atomic mass is 16.7. The van der Waals surface area contributed by atoms with Crippen LogP contribution in [-0.2, 0) is 33.3 Å². The Labute approximate surface area is 444 Å². The Hall–Kier alpha value is -3.01. The first-order chi connectivity index (χ1) is 35.1. The molecular formula is C63H114NO8+. The van der Waals surface area contributed by atoms with Crippen LogP contribution in [0.1, 0.15) is 264 Å². The summed E-state index contributed by atoms with van der Waals surface area (Å²) in [5.41, 5.74) is 0. The zero-order valence-electron chi connectivity index (χ0n) is 47.6. The standard InChI is InChI=1S/C63H113NO8/c1-6-8-10-12-14-15-16-17-18-19-20-21-22-23-24-25-26-27-28-29-30-31-32-33-34-35-36-37-38-39-40-41-42-43-44-45-46-47-48-50-52-54-61(66)72-59(57-70-60(65)53-51-49-13-11-9-7-2)58-71-63(62(67)68)69-56-55-64(3,4)5/h8,10,14-15,17-18,20-21,23-24,59,63H,6-7,9,11-13,16,19,22,25-58H2,1-5H3/p+1/b10-8-,15-14-,18-17-,21-20-,24-23-. The van der Waals surface area contributed by atoms with Gasteiger partial charge in [-0.15, -0.1) is 0 Å². The van der Waals surface area contributed by atoms with Gasteiger partial charge in [-0.25, -0.2) is 4.79 Å². The maximum Gasteiger partial charge on any atom is 0.361 e. The summed E-state index contributed by atoms with van der Waals surface area (Å²) in [7, 11) is 5.96. The van der Waals surface area contributed by atoms with Crippen LogP contribution in [-0.4, -0.2) is 87.4 Å². The van der Waals surface area contributed by atoms with Gasteiger partial charge in [0.1, 0.15) is 13.2 Å². The van der Waals surface area contributed by atoms with Crippen LogP contribution in [0.2, 0.25) is 0 Å². The van der Waals surface area contributed by atoms with Crippen molar-refractivity contribution < 1.29 is 42.9 Å². The summed E-state index contributed by atoms with van der Waals surface area (Å²) in [6.07, 6.45) is 66.7. The molecule has 0 aliphatic carbocycles. The molecule has 0 aromatic heterocycles. The highest BCUT2D eigenvalue weighted by molar-refractivity contribution is 5.71. The average molecular weight is 1010 g/mol. The van der Waals surface area contributed by atoms with Crippen LogP contribution < -0.4 is 0 Å². The van der Waals surface area contributed by atoms with Crippen LogP contribution in [0.15, 0.2) is 60.8 Å². The molecule has 0 fully saturated rings. The van der Waals surface area contributed by atoms with E-state index in [-0.39, 0.29) is 32.2 Å². The number of aliphatic carboxylic acids is 1. The normalized spacial score (nSPS) is 13.2. The van der Waals surface area contributed by atoms with Gasteiger partial charge in [0.2, 0.25) is 0 Å². The van der Waals surface area contributed by atoms with Gasteiger partial charge >= 0.3 is 17.9 Å². The predicted octanol–water partition coefficient (Wildman–Crippen LogP) is 17.6. The van der Waals surface area contributed by atoms with Gasteiger partial charge in [-0.3, -0.25) is 9.59 Å². The summed E-state index contributed by atoms with van der Waals surface area (Å²) < 4.78 is 22.7. The summed E-state index contributed by atoms with van der Waals surface area (Å²) in [6, 6.07) is 0. The maximum atomic E-state index is 12.8. The van der Waals surface area contributed by atoms with Crippen LogP contribution in [0, 0.1) is 0 Å². The number of ether oxygens (including phenoxy) is 4. The molecule has 0 spiro atoms. The van der Waals surface area contributed by atoms with E-state index in [2.05, 4.69) is 74.6 Å². The molecule has 1 N–H and O–H groups in total. The Kier molecular flexibility index (Phi) is 52.0. The largest absolute Gasteiger partial charge is 0.477 e. The van der Waals surface area contributed by atoms with Gasteiger partial charge in [-0.05, 0) is 57.8 Å². The lowest BCUT2D eigenvalue weighted by Gasteiger charge is -2.25. The number of carboxylic acids is 1. The molecule has 0 bridgehead atoms. The summed E-state index contributed by atoms with van der Waals surface area (Å²) in [5.74, 6) is -2.00. The molecule has 0 amide bonds. The van der Waals surface area contributed by atoms with Gasteiger partial charge < -0.3 is 28.5 Å². The highest BCUT2D eigenvalue weighted by Gasteiger charge is 2.25. The number of hydrogen-bond acceptors (Lipinski definition) is 7. The smallest absolute Gasteiger partial charge is 0.361 e. The van der Waals surface area contributed by atoms with E-state index in [1.54, 1.807) is 0 Å². The van der Waals surface area contributed by atoms with Crippen LogP contribution in [0.5, 0.6) is 0 Å². The number of carboxylic acid groups (broad SMARTS) is 1. The number of unbranched alkanes of at least 4 members (excludes halogenated alkanes) is 30. The molecule has 72 heavy (non-hydrogen) atoms. The van der Waals surface area contributed by atoms with Crippen molar-refractivity contribution in [2.45, 2.75) is 277 Å². The second-order valence-corrected chi connectivity index (χ2v) is 21.3. The fourth-order valence-electron chi connectivity index (χ4n) is 8.45. The number of likely N-dealkylation sites (N-methyl/N-ethyl adjacent to an activating group) is 1. The number of allylic oxidation sites excluding steroid dienone is 10. The summed E-state index contributed by atoms with van der Waals surface area (Å²) in [4.78, 5) is 37.0. The fraction of sp³-hybridized carbons (Fsp3) is 0.794. The van der Waals surface area contributed by atoms with Crippen molar-refractivity contribution >= 4 is 17.9 Å². The minimum atomic E-state index is -1.50. The molecule has 9 heteroatoms. The zero-order chi connectivity index (χ0) is 52.7. The van der Waals surface area contributed by atoms with E-state index in [0.29, 0.717) is 17.4 Å². The number of hydrogen-bond donors (Lipinski definition) is 1. The molecular weight excluding hydrogens is 899 g/mol. The third-order valence-electron chi connectivity index (χ3n) is 13.0. The third kappa shape index (κ3) is 54.8. The number of carbonyl (C=O) groups excluding carboxylic acids is 2. The molecule has 0 saturated carbocycles. The minimum absolute atomic E-state index is 0.179. The molecule has 0 heterocycles. The molecule has 2 atom stereocenters. The minimum Gasteiger partial charge on any atom is -0.477 e. The average Bonchev–Trinajstić information content (AvgIpc) is 3.35. The first kappa shape index (κ1) is 69.0. The van der Waals surface area contributed by atoms with Gasteiger partial charge in [-0.1, -0.05) is 254 Å². The number of rotatable bonds is 55. The molecule has 0 aromatic carbocycles. The Morgan fingerprint density at radius 2 is 0.792 bits per heavy atom. The summed E-state index contributed by atoms with van der Waals surface area (Å²) in [5, 5.41) is 9.63. The molecule has 0 aliphatic heterocycles. The zero-order valence-corrected chi connectivity index (χ0v) is 47.6. The fourth-order valence-corrected chi connectivity index (χ4v) is 8.45.